The average Bonchev–Trinajstić information content (AvgIpc) is 3.16. The van der Waals surface area contributed by atoms with Crippen molar-refractivity contribution in [3.05, 3.63) is 30.9 Å². The summed E-state index contributed by atoms with van der Waals surface area (Å²) in [6, 6.07) is 5.45. The lowest BCUT2D eigenvalue weighted by molar-refractivity contribution is 0.256. The van der Waals surface area contributed by atoms with Crippen LogP contribution in [0.15, 0.2) is 35.7 Å². The first-order chi connectivity index (χ1) is 11.2. The highest BCUT2D eigenvalue weighted by Gasteiger charge is 2.32. The first-order valence-electron chi connectivity index (χ1n) is 7.02. The summed E-state index contributed by atoms with van der Waals surface area (Å²) in [5, 5.41) is 0. The number of benzene rings is 1. The van der Waals surface area contributed by atoms with Gasteiger partial charge in [-0.25, -0.2) is 23.9 Å². The van der Waals surface area contributed by atoms with Crippen LogP contribution in [0.3, 0.4) is 0 Å². The summed E-state index contributed by atoms with van der Waals surface area (Å²) in [6.45, 7) is 1.93. The predicted molar refractivity (Wildman–Crippen MR) is 85.8 cm³/mol. The van der Waals surface area contributed by atoms with Crippen molar-refractivity contribution in [3.8, 4) is 5.75 Å². The van der Waals surface area contributed by atoms with E-state index in [9.17, 15) is 4.21 Å². The molecule has 1 aliphatic rings. The number of H-pyrrole nitrogens is 1. The Morgan fingerprint density at radius 2 is 2.22 bits per heavy atom. The molecule has 0 fully saturated rings. The van der Waals surface area contributed by atoms with Gasteiger partial charge in [0.2, 0.25) is 0 Å². The first kappa shape index (κ1) is 14.1. The summed E-state index contributed by atoms with van der Waals surface area (Å²) in [4.78, 5) is 18.3. The molecule has 4 rings (SSSR count). The van der Waals surface area contributed by atoms with Crippen molar-refractivity contribution in [2.24, 2.45) is 0 Å². The third kappa shape index (κ3) is 2.16. The number of anilines is 2. The summed E-state index contributed by atoms with van der Waals surface area (Å²) < 4.78 is 20.6. The number of hydrogen-bond acceptors (Lipinski definition) is 6. The Morgan fingerprint density at radius 3 is 3.04 bits per heavy atom. The molecule has 0 spiro atoms. The maximum atomic E-state index is 12.0. The SMILES string of the molecule is CNS(=O)c1ccc2c(c1)N(c1ncnc3nc[nH]c13)C(C)O2. The average molecular weight is 330 g/mol. The lowest BCUT2D eigenvalue weighted by Gasteiger charge is -2.21. The van der Waals surface area contributed by atoms with Crippen molar-refractivity contribution < 1.29 is 8.95 Å². The maximum absolute atomic E-state index is 12.0. The number of ether oxygens (including phenoxy) is 1. The van der Waals surface area contributed by atoms with E-state index in [1.165, 1.54) is 6.33 Å². The van der Waals surface area contributed by atoms with Crippen LogP contribution < -0.4 is 14.4 Å². The third-order valence-electron chi connectivity index (χ3n) is 3.68. The van der Waals surface area contributed by atoms with Gasteiger partial charge in [0.25, 0.3) is 0 Å². The molecule has 3 heterocycles. The van der Waals surface area contributed by atoms with Gasteiger partial charge in [-0.3, -0.25) is 4.90 Å². The van der Waals surface area contributed by atoms with Gasteiger partial charge >= 0.3 is 0 Å². The van der Waals surface area contributed by atoms with Crippen LogP contribution in [0, 0.1) is 0 Å². The topological polar surface area (TPSA) is 96.0 Å². The minimum atomic E-state index is -1.27. The molecule has 0 bridgehead atoms. The summed E-state index contributed by atoms with van der Waals surface area (Å²) in [5.74, 6) is 1.40. The zero-order valence-electron chi connectivity index (χ0n) is 12.5. The Balaban J connectivity index is 1.88. The molecule has 0 saturated heterocycles. The molecular formula is C14H14N6O2S. The van der Waals surface area contributed by atoms with E-state index in [2.05, 4.69) is 24.7 Å². The standard InChI is InChI=1S/C14H14N6O2S/c1-8-20(14-12-13(17-6-16-12)18-7-19-14)10-5-9(23(21)15-2)3-4-11(10)22-8/h3-8,15H,1-2H3,(H,16,17,18,19). The molecule has 1 aliphatic heterocycles. The van der Waals surface area contributed by atoms with E-state index < -0.39 is 11.0 Å². The van der Waals surface area contributed by atoms with E-state index in [1.54, 1.807) is 19.4 Å². The molecular weight excluding hydrogens is 316 g/mol. The normalized spacial score (nSPS) is 18.0. The summed E-state index contributed by atoms with van der Waals surface area (Å²) >= 11 is 0. The second-order valence-corrected chi connectivity index (χ2v) is 6.41. The highest BCUT2D eigenvalue weighted by atomic mass is 32.2. The maximum Gasteiger partial charge on any atom is 0.182 e. The Labute approximate surface area is 134 Å². The van der Waals surface area contributed by atoms with Crippen LogP contribution in [0.25, 0.3) is 11.2 Å². The van der Waals surface area contributed by atoms with Gasteiger partial charge in [-0.2, -0.15) is 0 Å². The first-order valence-corrected chi connectivity index (χ1v) is 8.17. The smallest absolute Gasteiger partial charge is 0.182 e. The molecule has 3 aromatic rings. The van der Waals surface area contributed by atoms with Gasteiger partial charge in [0.15, 0.2) is 17.7 Å². The Bertz CT molecular complexity index is 911. The van der Waals surface area contributed by atoms with E-state index in [0.29, 0.717) is 16.4 Å². The second kappa shape index (κ2) is 5.28. The van der Waals surface area contributed by atoms with Crippen LogP contribution >= 0.6 is 0 Å². The molecule has 0 aliphatic carbocycles. The van der Waals surface area contributed by atoms with Gasteiger partial charge in [0, 0.05) is 0 Å². The number of nitrogens with one attached hydrogen (secondary N) is 2. The van der Waals surface area contributed by atoms with Crippen LogP contribution in [-0.4, -0.2) is 37.4 Å². The van der Waals surface area contributed by atoms with E-state index >= 15 is 0 Å². The van der Waals surface area contributed by atoms with Crippen LogP contribution in [0.4, 0.5) is 11.5 Å². The molecule has 23 heavy (non-hydrogen) atoms. The molecule has 2 N–H and O–H groups in total. The molecule has 0 saturated carbocycles. The molecule has 8 nitrogen and oxygen atoms in total. The summed E-state index contributed by atoms with van der Waals surface area (Å²) in [5.41, 5.74) is 2.13. The van der Waals surface area contributed by atoms with Gasteiger partial charge in [0.05, 0.1) is 16.9 Å². The lowest BCUT2D eigenvalue weighted by Crippen LogP contribution is -2.28. The van der Waals surface area contributed by atoms with E-state index in [0.717, 1.165) is 17.0 Å². The van der Waals surface area contributed by atoms with Crippen LogP contribution in [-0.2, 0) is 11.0 Å². The monoisotopic (exact) mass is 330 g/mol. The van der Waals surface area contributed by atoms with Crippen molar-refractivity contribution in [2.75, 3.05) is 11.9 Å². The summed E-state index contributed by atoms with van der Waals surface area (Å²) in [6.07, 6.45) is 2.81. The van der Waals surface area contributed by atoms with Gasteiger partial charge in [-0.1, -0.05) is 0 Å². The number of fused-ring (bicyclic) bond motifs is 2. The minimum absolute atomic E-state index is 0.246. The van der Waals surface area contributed by atoms with Crippen LogP contribution in [0.2, 0.25) is 0 Å². The number of nitrogens with zero attached hydrogens (tertiary/aromatic N) is 4. The predicted octanol–water partition coefficient (Wildman–Crippen LogP) is 1.47. The quantitative estimate of drug-likeness (QED) is 0.755. The number of aromatic nitrogens is 4. The van der Waals surface area contributed by atoms with Crippen molar-refractivity contribution in [1.29, 1.82) is 0 Å². The third-order valence-corrected chi connectivity index (χ3v) is 4.73. The zero-order chi connectivity index (χ0) is 16.0. The van der Waals surface area contributed by atoms with E-state index in [4.69, 9.17) is 4.74 Å². The Kier molecular flexibility index (Phi) is 3.24. The largest absolute Gasteiger partial charge is 0.468 e. The molecule has 118 valence electrons. The fourth-order valence-corrected chi connectivity index (χ4v) is 3.32. The molecule has 2 aromatic heterocycles. The van der Waals surface area contributed by atoms with Gasteiger partial charge < -0.3 is 9.72 Å². The van der Waals surface area contributed by atoms with Crippen molar-refractivity contribution >= 4 is 33.7 Å². The number of aromatic amines is 1. The highest BCUT2D eigenvalue weighted by molar-refractivity contribution is 7.83. The lowest BCUT2D eigenvalue weighted by atomic mass is 10.2. The number of hydrogen-bond donors (Lipinski definition) is 2. The van der Waals surface area contributed by atoms with E-state index in [-0.39, 0.29) is 6.23 Å². The van der Waals surface area contributed by atoms with Crippen molar-refractivity contribution in [3.63, 3.8) is 0 Å². The fraction of sp³-hybridized carbons (Fsp3) is 0.214. The van der Waals surface area contributed by atoms with Gasteiger partial charge in [0.1, 0.15) is 28.6 Å². The Morgan fingerprint density at radius 1 is 1.35 bits per heavy atom. The van der Waals surface area contributed by atoms with Gasteiger partial charge in [-0.05, 0) is 32.2 Å². The van der Waals surface area contributed by atoms with Crippen molar-refractivity contribution in [2.45, 2.75) is 18.0 Å². The molecule has 2 unspecified atom stereocenters. The minimum Gasteiger partial charge on any atom is -0.468 e. The zero-order valence-corrected chi connectivity index (χ0v) is 13.3. The van der Waals surface area contributed by atoms with Crippen molar-refractivity contribution in [1.82, 2.24) is 24.7 Å². The molecule has 2 atom stereocenters. The molecule has 1 aromatic carbocycles. The number of rotatable bonds is 3. The molecule has 0 radical (unpaired) electrons. The number of imidazole rings is 1. The fourth-order valence-electron chi connectivity index (χ4n) is 2.67. The molecule has 9 heteroatoms. The van der Waals surface area contributed by atoms with Crippen LogP contribution in [0.5, 0.6) is 5.75 Å². The highest BCUT2D eigenvalue weighted by Crippen LogP contribution is 2.43. The Hall–Kier alpha value is -2.52. The van der Waals surface area contributed by atoms with Gasteiger partial charge in [-0.15, -0.1) is 0 Å². The second-order valence-electron chi connectivity index (χ2n) is 4.99. The molecule has 0 amide bonds. The van der Waals surface area contributed by atoms with Crippen LogP contribution in [0.1, 0.15) is 6.92 Å². The summed E-state index contributed by atoms with van der Waals surface area (Å²) in [7, 11) is 0.382. The van der Waals surface area contributed by atoms with E-state index in [1.807, 2.05) is 24.0 Å².